The Hall–Kier alpha value is -1.46. The van der Waals surface area contributed by atoms with E-state index in [1.54, 1.807) is 0 Å². The quantitative estimate of drug-likeness (QED) is 0.760. The number of terminal acetylenes is 1. The minimum absolute atomic E-state index is 0.194. The number of hydrogen-bond donors (Lipinski definition) is 1. The number of nitrogens with one attached hydrogen (secondary N) is 1. The van der Waals surface area contributed by atoms with E-state index in [2.05, 4.69) is 24.2 Å². The second kappa shape index (κ2) is 6.98. The number of hydrogen-bond acceptors (Lipinski definition) is 2. The van der Waals surface area contributed by atoms with E-state index < -0.39 is 0 Å². The summed E-state index contributed by atoms with van der Waals surface area (Å²) in [5, 5.41) is 3.39. The highest BCUT2D eigenvalue weighted by molar-refractivity contribution is 5.33. The highest BCUT2D eigenvalue weighted by Crippen LogP contribution is 2.19. The Morgan fingerprint density at radius 3 is 2.65 bits per heavy atom. The fourth-order valence-electron chi connectivity index (χ4n) is 1.55. The summed E-state index contributed by atoms with van der Waals surface area (Å²) in [5.74, 6) is 3.60. The summed E-state index contributed by atoms with van der Waals surface area (Å²) in [6, 6.07) is 8.42. The number of benzene rings is 1. The van der Waals surface area contributed by atoms with Crippen molar-refractivity contribution in [3.8, 4) is 18.1 Å². The molecule has 1 aromatic carbocycles. The van der Waals surface area contributed by atoms with Crippen LogP contribution in [0.2, 0.25) is 0 Å². The molecule has 0 heterocycles. The molecule has 1 N–H and O–H groups in total. The number of rotatable bonds is 6. The van der Waals surface area contributed by atoms with Crippen molar-refractivity contribution in [1.29, 1.82) is 0 Å². The summed E-state index contributed by atoms with van der Waals surface area (Å²) in [4.78, 5) is 0. The van der Waals surface area contributed by atoms with Crippen LogP contribution >= 0.6 is 0 Å². The molecule has 1 aromatic rings. The monoisotopic (exact) mass is 231 g/mol. The molecule has 0 amide bonds. The minimum atomic E-state index is 0.194. The maximum atomic E-state index is 5.76. The van der Waals surface area contributed by atoms with Crippen LogP contribution in [0.4, 0.5) is 0 Å². The van der Waals surface area contributed by atoms with Gasteiger partial charge in [0.05, 0.1) is 6.10 Å². The summed E-state index contributed by atoms with van der Waals surface area (Å²) in [7, 11) is 0. The van der Waals surface area contributed by atoms with Crippen LogP contribution < -0.4 is 10.1 Å². The molecule has 0 aliphatic heterocycles. The second-order valence-corrected chi connectivity index (χ2v) is 4.46. The molecule has 1 atom stereocenters. The third-order valence-electron chi connectivity index (χ3n) is 2.40. The SMILES string of the molecule is C#CCC(C)NCc1ccccc1OC(C)C. The van der Waals surface area contributed by atoms with Crippen molar-refractivity contribution in [1.82, 2.24) is 5.32 Å². The van der Waals surface area contributed by atoms with Crippen LogP contribution in [-0.2, 0) is 6.54 Å². The highest BCUT2D eigenvalue weighted by atomic mass is 16.5. The molecule has 0 saturated heterocycles. The molecule has 92 valence electrons. The molecule has 0 aliphatic rings. The Balaban J connectivity index is 2.61. The van der Waals surface area contributed by atoms with Gasteiger partial charge in [-0.15, -0.1) is 12.3 Å². The first-order chi connectivity index (χ1) is 8.13. The lowest BCUT2D eigenvalue weighted by Crippen LogP contribution is -2.25. The van der Waals surface area contributed by atoms with Gasteiger partial charge in [-0.25, -0.2) is 0 Å². The molecule has 2 heteroatoms. The van der Waals surface area contributed by atoms with Gasteiger partial charge in [-0.2, -0.15) is 0 Å². The third-order valence-corrected chi connectivity index (χ3v) is 2.40. The first kappa shape index (κ1) is 13.6. The van der Waals surface area contributed by atoms with E-state index in [4.69, 9.17) is 11.2 Å². The Morgan fingerprint density at radius 1 is 1.29 bits per heavy atom. The van der Waals surface area contributed by atoms with Gasteiger partial charge in [0.1, 0.15) is 5.75 Å². The molecule has 1 unspecified atom stereocenters. The molecular weight excluding hydrogens is 210 g/mol. The lowest BCUT2D eigenvalue weighted by atomic mass is 10.1. The fraction of sp³-hybridized carbons (Fsp3) is 0.467. The topological polar surface area (TPSA) is 21.3 Å². The van der Waals surface area contributed by atoms with Gasteiger partial charge in [0.25, 0.3) is 0 Å². The third kappa shape index (κ3) is 4.93. The zero-order chi connectivity index (χ0) is 12.7. The van der Waals surface area contributed by atoms with Gasteiger partial charge in [0.15, 0.2) is 0 Å². The van der Waals surface area contributed by atoms with E-state index in [0.29, 0.717) is 6.04 Å². The average Bonchev–Trinajstić information content (AvgIpc) is 2.27. The Bertz CT molecular complexity index is 379. The van der Waals surface area contributed by atoms with Crippen molar-refractivity contribution < 1.29 is 4.74 Å². The largest absolute Gasteiger partial charge is 0.491 e. The summed E-state index contributed by atoms with van der Waals surface area (Å²) in [6.07, 6.45) is 6.22. The maximum absolute atomic E-state index is 5.76. The zero-order valence-corrected chi connectivity index (χ0v) is 10.9. The van der Waals surface area contributed by atoms with Crippen LogP contribution in [0, 0.1) is 12.3 Å². The molecule has 0 radical (unpaired) electrons. The van der Waals surface area contributed by atoms with Crippen molar-refractivity contribution in [2.75, 3.05) is 0 Å². The van der Waals surface area contributed by atoms with Gasteiger partial charge in [-0.05, 0) is 26.8 Å². The molecule has 0 aliphatic carbocycles. The van der Waals surface area contributed by atoms with E-state index in [1.165, 1.54) is 5.56 Å². The summed E-state index contributed by atoms with van der Waals surface area (Å²) < 4.78 is 5.76. The van der Waals surface area contributed by atoms with E-state index in [9.17, 15) is 0 Å². The van der Waals surface area contributed by atoms with Crippen molar-refractivity contribution in [3.63, 3.8) is 0 Å². The number of ether oxygens (including phenoxy) is 1. The van der Waals surface area contributed by atoms with Gasteiger partial charge in [0, 0.05) is 24.6 Å². The standard InChI is InChI=1S/C15H21NO/c1-5-8-13(4)16-11-14-9-6-7-10-15(14)17-12(2)3/h1,6-7,9-10,12-13,16H,8,11H2,2-4H3. The predicted molar refractivity (Wildman–Crippen MR) is 72.0 cm³/mol. The van der Waals surface area contributed by atoms with Crippen molar-refractivity contribution in [2.24, 2.45) is 0 Å². The van der Waals surface area contributed by atoms with E-state index >= 15 is 0 Å². The molecule has 0 bridgehead atoms. The molecule has 0 saturated carbocycles. The van der Waals surface area contributed by atoms with Crippen LogP contribution in [0.3, 0.4) is 0 Å². The zero-order valence-electron chi connectivity index (χ0n) is 10.9. The minimum Gasteiger partial charge on any atom is -0.491 e. The molecule has 0 spiro atoms. The molecular formula is C15H21NO. The Morgan fingerprint density at radius 2 is 2.00 bits per heavy atom. The van der Waals surface area contributed by atoms with Crippen LogP contribution in [0.15, 0.2) is 24.3 Å². The summed E-state index contributed by atoms with van der Waals surface area (Å²) in [5.41, 5.74) is 1.17. The smallest absolute Gasteiger partial charge is 0.124 e. The van der Waals surface area contributed by atoms with Crippen LogP contribution in [-0.4, -0.2) is 12.1 Å². The molecule has 2 nitrogen and oxygen atoms in total. The normalized spacial score (nSPS) is 12.2. The van der Waals surface area contributed by atoms with Gasteiger partial charge >= 0.3 is 0 Å². The van der Waals surface area contributed by atoms with Gasteiger partial charge in [-0.1, -0.05) is 18.2 Å². The van der Waals surface area contributed by atoms with Gasteiger partial charge in [-0.3, -0.25) is 0 Å². The Kier molecular flexibility index (Phi) is 5.59. The lowest BCUT2D eigenvalue weighted by molar-refractivity contribution is 0.239. The Labute approximate surface area is 104 Å². The number of para-hydroxylation sites is 1. The van der Waals surface area contributed by atoms with Crippen LogP contribution in [0.5, 0.6) is 5.75 Å². The van der Waals surface area contributed by atoms with Crippen molar-refractivity contribution in [3.05, 3.63) is 29.8 Å². The molecule has 17 heavy (non-hydrogen) atoms. The van der Waals surface area contributed by atoms with Crippen molar-refractivity contribution in [2.45, 2.75) is 45.9 Å². The van der Waals surface area contributed by atoms with Crippen LogP contribution in [0.25, 0.3) is 0 Å². The average molecular weight is 231 g/mol. The van der Waals surface area contributed by atoms with Gasteiger partial charge < -0.3 is 10.1 Å². The van der Waals surface area contributed by atoms with Crippen molar-refractivity contribution >= 4 is 0 Å². The first-order valence-corrected chi connectivity index (χ1v) is 6.05. The predicted octanol–water partition coefficient (Wildman–Crippen LogP) is 2.98. The molecule has 1 rings (SSSR count). The van der Waals surface area contributed by atoms with Gasteiger partial charge in [0.2, 0.25) is 0 Å². The highest BCUT2D eigenvalue weighted by Gasteiger charge is 2.06. The molecule has 0 fully saturated rings. The maximum Gasteiger partial charge on any atom is 0.124 e. The molecule has 0 aromatic heterocycles. The fourth-order valence-corrected chi connectivity index (χ4v) is 1.55. The summed E-state index contributed by atoms with van der Waals surface area (Å²) >= 11 is 0. The first-order valence-electron chi connectivity index (χ1n) is 6.05. The van der Waals surface area contributed by atoms with E-state index in [0.717, 1.165) is 18.7 Å². The van der Waals surface area contributed by atoms with E-state index in [1.807, 2.05) is 32.0 Å². The second-order valence-electron chi connectivity index (χ2n) is 4.46. The summed E-state index contributed by atoms with van der Waals surface area (Å²) in [6.45, 7) is 6.94. The van der Waals surface area contributed by atoms with E-state index in [-0.39, 0.29) is 6.10 Å². The lowest BCUT2D eigenvalue weighted by Gasteiger charge is -2.16. The van der Waals surface area contributed by atoms with Crippen LogP contribution in [0.1, 0.15) is 32.8 Å².